The largest absolute Gasteiger partial charge is 0.479 e. The number of hydrogen-bond acceptors (Lipinski definition) is 3. The summed E-state index contributed by atoms with van der Waals surface area (Å²) >= 11 is 1.56. The van der Waals surface area contributed by atoms with Crippen LogP contribution in [0.4, 0.5) is 0 Å². The first-order valence-electron chi connectivity index (χ1n) is 6.15. The van der Waals surface area contributed by atoms with Crippen molar-refractivity contribution in [2.45, 2.75) is 25.8 Å². The molecular formula is C14H17NO3S. The molecule has 102 valence electrons. The van der Waals surface area contributed by atoms with E-state index in [1.54, 1.807) is 23.9 Å². The Balaban J connectivity index is 2.20. The first-order valence-corrected chi connectivity index (χ1v) is 7.31. The molecule has 0 spiro atoms. The normalized spacial score (nSPS) is 22.2. The smallest absolute Gasteiger partial charge is 0.330 e. The zero-order valence-electron chi connectivity index (χ0n) is 11.0. The van der Waals surface area contributed by atoms with Crippen molar-refractivity contribution >= 4 is 23.6 Å². The fraction of sp³-hybridized carbons (Fsp3) is 0.429. The Morgan fingerprint density at radius 2 is 2.05 bits per heavy atom. The molecule has 0 saturated carbocycles. The first kappa shape index (κ1) is 13.9. The Morgan fingerprint density at radius 1 is 1.32 bits per heavy atom. The highest BCUT2D eigenvalue weighted by Gasteiger charge is 2.43. The van der Waals surface area contributed by atoms with Crippen LogP contribution in [0.1, 0.15) is 27.9 Å². The first-order chi connectivity index (χ1) is 8.94. The van der Waals surface area contributed by atoms with E-state index in [9.17, 15) is 14.7 Å². The molecule has 2 N–H and O–H groups in total. The maximum Gasteiger partial charge on any atom is 0.330 e. The molecular weight excluding hydrogens is 262 g/mol. The summed E-state index contributed by atoms with van der Waals surface area (Å²) in [5.74, 6) is -0.0685. The average Bonchev–Trinajstić information content (AvgIpc) is 2.82. The van der Waals surface area contributed by atoms with E-state index in [0.29, 0.717) is 17.7 Å². The van der Waals surface area contributed by atoms with Gasteiger partial charge in [-0.2, -0.15) is 11.8 Å². The Kier molecular flexibility index (Phi) is 3.85. The minimum atomic E-state index is -1.11. The van der Waals surface area contributed by atoms with Crippen molar-refractivity contribution in [3.8, 4) is 0 Å². The lowest BCUT2D eigenvalue weighted by Gasteiger charge is -2.24. The van der Waals surface area contributed by atoms with Crippen molar-refractivity contribution in [2.75, 3.05) is 11.5 Å². The number of thioether (sulfide) groups is 1. The van der Waals surface area contributed by atoms with E-state index in [1.807, 2.05) is 19.9 Å². The number of carboxylic acids is 1. The molecule has 1 aliphatic heterocycles. The van der Waals surface area contributed by atoms with E-state index in [4.69, 9.17) is 0 Å². The van der Waals surface area contributed by atoms with Gasteiger partial charge in [0.05, 0.1) is 0 Å². The van der Waals surface area contributed by atoms with Crippen molar-refractivity contribution in [3.05, 3.63) is 34.9 Å². The van der Waals surface area contributed by atoms with Crippen molar-refractivity contribution < 1.29 is 14.7 Å². The second-order valence-corrected chi connectivity index (χ2v) is 6.05. The van der Waals surface area contributed by atoms with Crippen LogP contribution in [-0.2, 0) is 4.79 Å². The van der Waals surface area contributed by atoms with Gasteiger partial charge in [-0.1, -0.05) is 6.07 Å². The van der Waals surface area contributed by atoms with Gasteiger partial charge < -0.3 is 10.4 Å². The molecule has 1 fully saturated rings. The van der Waals surface area contributed by atoms with E-state index >= 15 is 0 Å². The predicted molar refractivity (Wildman–Crippen MR) is 75.7 cm³/mol. The van der Waals surface area contributed by atoms with Gasteiger partial charge in [0.25, 0.3) is 5.91 Å². The van der Waals surface area contributed by atoms with Crippen molar-refractivity contribution in [1.29, 1.82) is 0 Å². The second kappa shape index (κ2) is 5.25. The lowest BCUT2D eigenvalue weighted by Crippen LogP contribution is -2.54. The zero-order valence-corrected chi connectivity index (χ0v) is 11.8. The van der Waals surface area contributed by atoms with Crippen LogP contribution in [0.2, 0.25) is 0 Å². The van der Waals surface area contributed by atoms with Crippen LogP contribution in [0.3, 0.4) is 0 Å². The van der Waals surface area contributed by atoms with Crippen molar-refractivity contribution in [1.82, 2.24) is 5.32 Å². The third-order valence-corrected chi connectivity index (χ3v) is 4.74. The number of carbonyl (C=O) groups is 2. The Hall–Kier alpha value is -1.49. The summed E-state index contributed by atoms with van der Waals surface area (Å²) in [4.78, 5) is 23.6. The minimum absolute atomic E-state index is 0.312. The fourth-order valence-corrected chi connectivity index (χ4v) is 3.38. The predicted octanol–water partition coefficient (Wildman–Crippen LogP) is 1.99. The molecule has 0 aromatic heterocycles. The van der Waals surface area contributed by atoms with E-state index in [0.717, 1.165) is 16.9 Å². The molecule has 1 aromatic rings. The van der Waals surface area contributed by atoms with E-state index in [1.165, 1.54) is 0 Å². The zero-order chi connectivity index (χ0) is 14.0. The minimum Gasteiger partial charge on any atom is -0.479 e. The summed E-state index contributed by atoms with van der Waals surface area (Å²) in [6, 6.07) is 5.40. The quantitative estimate of drug-likeness (QED) is 0.888. The van der Waals surface area contributed by atoms with E-state index < -0.39 is 11.5 Å². The molecule has 1 aliphatic rings. The van der Waals surface area contributed by atoms with Gasteiger partial charge in [0.15, 0.2) is 0 Å². The molecule has 2 rings (SSSR count). The van der Waals surface area contributed by atoms with Gasteiger partial charge in [-0.05, 0) is 49.3 Å². The molecule has 1 amide bonds. The molecule has 1 heterocycles. The summed E-state index contributed by atoms with van der Waals surface area (Å²) in [6.45, 7) is 3.91. The molecule has 0 bridgehead atoms. The number of aryl methyl sites for hydroxylation is 2. The van der Waals surface area contributed by atoms with Gasteiger partial charge in [-0.3, -0.25) is 4.79 Å². The number of nitrogens with one attached hydrogen (secondary N) is 1. The fourth-order valence-electron chi connectivity index (χ4n) is 2.06. The van der Waals surface area contributed by atoms with Crippen LogP contribution in [-0.4, -0.2) is 34.0 Å². The summed E-state index contributed by atoms with van der Waals surface area (Å²) in [5.41, 5.74) is 1.54. The summed E-state index contributed by atoms with van der Waals surface area (Å²) in [5, 5.41) is 12.0. The third kappa shape index (κ3) is 2.76. The number of carbonyl (C=O) groups excluding carboxylic acids is 1. The van der Waals surface area contributed by atoms with E-state index in [-0.39, 0.29) is 5.91 Å². The highest BCUT2D eigenvalue weighted by atomic mass is 32.2. The SMILES string of the molecule is Cc1ccc(C(=O)NC2(C(=O)O)CCSC2)cc1C. The second-order valence-electron chi connectivity index (χ2n) is 4.94. The van der Waals surface area contributed by atoms with Crippen LogP contribution < -0.4 is 5.32 Å². The monoisotopic (exact) mass is 279 g/mol. The maximum atomic E-state index is 12.2. The Bertz CT molecular complexity index is 521. The van der Waals surface area contributed by atoms with Crippen molar-refractivity contribution in [3.63, 3.8) is 0 Å². The van der Waals surface area contributed by atoms with Gasteiger partial charge in [0.2, 0.25) is 0 Å². The third-order valence-electron chi connectivity index (χ3n) is 3.55. The van der Waals surface area contributed by atoms with Gasteiger partial charge in [0.1, 0.15) is 5.54 Å². The van der Waals surface area contributed by atoms with E-state index in [2.05, 4.69) is 5.32 Å². The lowest BCUT2D eigenvalue weighted by atomic mass is 9.98. The summed E-state index contributed by atoms with van der Waals surface area (Å²) in [6.07, 6.45) is 0.476. The average molecular weight is 279 g/mol. The number of aliphatic carboxylic acids is 1. The maximum absolute atomic E-state index is 12.2. The topological polar surface area (TPSA) is 66.4 Å². The molecule has 5 heteroatoms. The molecule has 1 aromatic carbocycles. The number of benzene rings is 1. The molecule has 0 aliphatic carbocycles. The molecule has 1 unspecified atom stereocenters. The lowest BCUT2D eigenvalue weighted by molar-refractivity contribution is -0.143. The number of amides is 1. The van der Waals surface area contributed by atoms with Gasteiger partial charge in [0, 0.05) is 11.3 Å². The van der Waals surface area contributed by atoms with Crippen LogP contribution in [0.25, 0.3) is 0 Å². The molecule has 0 radical (unpaired) electrons. The number of carboxylic acid groups (broad SMARTS) is 1. The summed E-state index contributed by atoms with van der Waals surface area (Å²) < 4.78 is 0. The van der Waals surface area contributed by atoms with Gasteiger partial charge >= 0.3 is 5.97 Å². The molecule has 4 nitrogen and oxygen atoms in total. The summed E-state index contributed by atoms with van der Waals surface area (Å²) in [7, 11) is 0. The Labute approximate surface area is 116 Å². The Morgan fingerprint density at radius 3 is 2.58 bits per heavy atom. The molecule has 1 saturated heterocycles. The number of rotatable bonds is 3. The van der Waals surface area contributed by atoms with Crippen molar-refractivity contribution in [2.24, 2.45) is 0 Å². The van der Waals surface area contributed by atoms with Crippen LogP contribution in [0.5, 0.6) is 0 Å². The van der Waals surface area contributed by atoms with Crippen LogP contribution >= 0.6 is 11.8 Å². The van der Waals surface area contributed by atoms with Gasteiger partial charge in [-0.25, -0.2) is 4.79 Å². The molecule has 19 heavy (non-hydrogen) atoms. The molecule has 1 atom stereocenters. The van der Waals surface area contributed by atoms with Crippen LogP contribution in [0, 0.1) is 13.8 Å². The highest BCUT2D eigenvalue weighted by Crippen LogP contribution is 2.28. The number of hydrogen-bond donors (Lipinski definition) is 2. The van der Waals surface area contributed by atoms with Gasteiger partial charge in [-0.15, -0.1) is 0 Å². The highest BCUT2D eigenvalue weighted by molar-refractivity contribution is 7.99. The standard InChI is InChI=1S/C14H17NO3S/c1-9-3-4-11(7-10(9)2)12(16)15-14(13(17)18)5-6-19-8-14/h3-4,7H,5-6,8H2,1-2H3,(H,15,16)(H,17,18). The van der Waals surface area contributed by atoms with Crippen LogP contribution in [0.15, 0.2) is 18.2 Å².